The summed E-state index contributed by atoms with van der Waals surface area (Å²) < 4.78 is 36.5. The average molecular weight is 231 g/mol. The lowest BCUT2D eigenvalue weighted by molar-refractivity contribution is 0.0977. The first kappa shape index (κ1) is 11.6. The number of hydrogen-bond acceptors (Lipinski definition) is 3. The Bertz CT molecular complexity index is 476. The molecular weight excluding hydrogens is 221 g/mol. The Morgan fingerprint density at radius 1 is 1.40 bits per heavy atom. The maximum Gasteiger partial charge on any atom is 0.267 e. The van der Waals surface area contributed by atoms with Crippen LogP contribution < -0.4 is 4.72 Å². The number of halogens is 1. The van der Waals surface area contributed by atoms with Crippen molar-refractivity contribution in [2.45, 2.75) is 6.92 Å². The maximum atomic E-state index is 13.2. The molecule has 15 heavy (non-hydrogen) atoms. The fourth-order valence-corrected chi connectivity index (χ4v) is 1.58. The van der Waals surface area contributed by atoms with Gasteiger partial charge in [-0.3, -0.25) is 4.79 Å². The molecule has 0 radical (unpaired) electrons. The average Bonchev–Trinajstić information content (AvgIpc) is 1.99. The van der Waals surface area contributed by atoms with E-state index >= 15 is 0 Å². The van der Waals surface area contributed by atoms with Gasteiger partial charge in [0.15, 0.2) is 0 Å². The van der Waals surface area contributed by atoms with Gasteiger partial charge in [-0.1, -0.05) is 12.1 Å². The van der Waals surface area contributed by atoms with Gasteiger partial charge in [0.05, 0.1) is 11.8 Å². The van der Waals surface area contributed by atoms with E-state index in [2.05, 4.69) is 0 Å². The highest BCUT2D eigenvalue weighted by atomic mass is 32.2. The molecule has 1 amide bonds. The molecule has 0 bridgehead atoms. The topological polar surface area (TPSA) is 63.2 Å². The predicted octanol–water partition coefficient (Wildman–Crippen LogP) is 0.824. The molecule has 4 nitrogen and oxygen atoms in total. The minimum Gasteiger partial charge on any atom is -0.268 e. The van der Waals surface area contributed by atoms with Gasteiger partial charge in [-0.25, -0.2) is 17.5 Å². The van der Waals surface area contributed by atoms with Crippen LogP contribution in [0.1, 0.15) is 15.9 Å². The lowest BCUT2D eigenvalue weighted by atomic mass is 10.1. The van der Waals surface area contributed by atoms with Crippen LogP contribution in [0.4, 0.5) is 4.39 Å². The number of sulfonamides is 1. The van der Waals surface area contributed by atoms with Crippen molar-refractivity contribution in [2.24, 2.45) is 0 Å². The highest BCUT2D eigenvalue weighted by Gasteiger charge is 2.17. The van der Waals surface area contributed by atoms with Gasteiger partial charge < -0.3 is 0 Å². The van der Waals surface area contributed by atoms with Gasteiger partial charge in [-0.2, -0.15) is 0 Å². The Balaban J connectivity index is 3.12. The maximum absolute atomic E-state index is 13.2. The van der Waals surface area contributed by atoms with Crippen molar-refractivity contribution in [3.63, 3.8) is 0 Å². The standard InChI is InChI=1S/C9H10FNO3S/c1-6-4-3-5-7(10)8(6)9(12)11-15(2,13)14/h3-5H,1-2H3,(H,11,12). The van der Waals surface area contributed by atoms with Crippen LogP contribution in [0.2, 0.25) is 0 Å². The van der Waals surface area contributed by atoms with Crippen molar-refractivity contribution in [3.05, 3.63) is 35.1 Å². The van der Waals surface area contributed by atoms with Crippen LogP contribution in [-0.2, 0) is 10.0 Å². The molecule has 0 saturated carbocycles. The first-order valence-electron chi connectivity index (χ1n) is 4.08. The Labute approximate surface area is 87.2 Å². The molecule has 1 N–H and O–H groups in total. The number of rotatable bonds is 2. The van der Waals surface area contributed by atoms with Crippen LogP contribution in [-0.4, -0.2) is 20.6 Å². The SMILES string of the molecule is Cc1cccc(F)c1C(=O)NS(C)(=O)=O. The normalized spacial score (nSPS) is 11.1. The van der Waals surface area contributed by atoms with E-state index in [-0.39, 0.29) is 5.56 Å². The van der Waals surface area contributed by atoms with Crippen molar-refractivity contribution >= 4 is 15.9 Å². The van der Waals surface area contributed by atoms with E-state index < -0.39 is 21.7 Å². The zero-order chi connectivity index (χ0) is 11.6. The summed E-state index contributed by atoms with van der Waals surface area (Å²) >= 11 is 0. The highest BCUT2D eigenvalue weighted by Crippen LogP contribution is 2.12. The number of amides is 1. The van der Waals surface area contributed by atoms with E-state index in [9.17, 15) is 17.6 Å². The van der Waals surface area contributed by atoms with Crippen molar-refractivity contribution in [1.82, 2.24) is 4.72 Å². The molecule has 0 spiro atoms. The molecule has 0 unspecified atom stereocenters. The third kappa shape index (κ3) is 3.02. The third-order valence-corrected chi connectivity index (χ3v) is 2.28. The zero-order valence-electron chi connectivity index (χ0n) is 8.24. The van der Waals surface area contributed by atoms with Crippen LogP contribution in [0.25, 0.3) is 0 Å². The van der Waals surface area contributed by atoms with Gasteiger partial charge >= 0.3 is 0 Å². The predicted molar refractivity (Wildman–Crippen MR) is 53.4 cm³/mol. The summed E-state index contributed by atoms with van der Waals surface area (Å²) in [5.41, 5.74) is 0.138. The number of nitrogens with one attached hydrogen (secondary N) is 1. The zero-order valence-corrected chi connectivity index (χ0v) is 9.06. The fourth-order valence-electron chi connectivity index (χ4n) is 1.14. The molecule has 6 heteroatoms. The summed E-state index contributed by atoms with van der Waals surface area (Å²) in [6, 6.07) is 4.08. The van der Waals surface area contributed by atoms with Gasteiger partial charge in [0.2, 0.25) is 10.0 Å². The molecule has 0 aliphatic heterocycles. The van der Waals surface area contributed by atoms with E-state index in [1.165, 1.54) is 19.1 Å². The van der Waals surface area contributed by atoms with Crippen molar-refractivity contribution < 1.29 is 17.6 Å². The molecule has 1 aromatic carbocycles. The lowest BCUT2D eigenvalue weighted by Gasteiger charge is -2.06. The highest BCUT2D eigenvalue weighted by molar-refractivity contribution is 7.89. The smallest absolute Gasteiger partial charge is 0.267 e. The van der Waals surface area contributed by atoms with Gasteiger partial charge in [-0.15, -0.1) is 0 Å². The van der Waals surface area contributed by atoms with Crippen molar-refractivity contribution in [3.8, 4) is 0 Å². The Hall–Kier alpha value is -1.43. The number of carbonyl (C=O) groups is 1. The molecule has 1 aromatic rings. The second-order valence-electron chi connectivity index (χ2n) is 3.14. The van der Waals surface area contributed by atoms with E-state index in [4.69, 9.17) is 0 Å². The van der Waals surface area contributed by atoms with Crippen LogP contribution in [0.3, 0.4) is 0 Å². The van der Waals surface area contributed by atoms with E-state index in [1.54, 1.807) is 4.72 Å². The van der Waals surface area contributed by atoms with Crippen molar-refractivity contribution in [1.29, 1.82) is 0 Å². The molecule has 0 saturated heterocycles. The van der Waals surface area contributed by atoms with Gasteiger partial charge in [-0.05, 0) is 18.6 Å². The minimum atomic E-state index is -3.67. The molecule has 1 rings (SSSR count). The first-order chi connectivity index (χ1) is 6.81. The minimum absolute atomic E-state index is 0.247. The molecule has 0 atom stereocenters. The number of hydrogen-bond donors (Lipinski definition) is 1. The summed E-state index contributed by atoms with van der Waals surface area (Å²) in [5, 5.41) is 0. The Kier molecular flexibility index (Phi) is 3.09. The fraction of sp³-hybridized carbons (Fsp3) is 0.222. The van der Waals surface area contributed by atoms with E-state index in [0.29, 0.717) is 5.56 Å². The summed E-state index contributed by atoms with van der Waals surface area (Å²) in [6.07, 6.45) is 0.834. The summed E-state index contributed by atoms with van der Waals surface area (Å²) in [7, 11) is -3.67. The van der Waals surface area contributed by atoms with Gasteiger partial charge in [0.1, 0.15) is 5.82 Å². The van der Waals surface area contributed by atoms with Crippen LogP contribution in [0.5, 0.6) is 0 Å². The largest absolute Gasteiger partial charge is 0.268 e. The molecular formula is C9H10FNO3S. The lowest BCUT2D eigenvalue weighted by Crippen LogP contribution is -2.30. The molecule has 0 aliphatic carbocycles. The van der Waals surface area contributed by atoms with E-state index in [1.807, 2.05) is 0 Å². The van der Waals surface area contributed by atoms with Crippen LogP contribution in [0, 0.1) is 12.7 Å². The Morgan fingerprint density at radius 2 is 2.00 bits per heavy atom. The van der Waals surface area contributed by atoms with Crippen LogP contribution >= 0.6 is 0 Å². The molecule has 0 aromatic heterocycles. The second-order valence-corrected chi connectivity index (χ2v) is 4.88. The monoisotopic (exact) mass is 231 g/mol. The third-order valence-electron chi connectivity index (χ3n) is 1.73. The summed E-state index contributed by atoms with van der Waals surface area (Å²) in [6.45, 7) is 1.53. The number of carbonyl (C=O) groups excluding carboxylic acids is 1. The quantitative estimate of drug-likeness (QED) is 0.819. The van der Waals surface area contributed by atoms with Gasteiger partial charge in [0, 0.05) is 0 Å². The summed E-state index contributed by atoms with van der Waals surface area (Å²) in [5.74, 6) is -1.69. The van der Waals surface area contributed by atoms with Crippen LogP contribution in [0.15, 0.2) is 18.2 Å². The molecule has 82 valence electrons. The first-order valence-corrected chi connectivity index (χ1v) is 5.97. The Morgan fingerprint density at radius 3 is 2.47 bits per heavy atom. The molecule has 0 heterocycles. The van der Waals surface area contributed by atoms with Gasteiger partial charge in [0.25, 0.3) is 5.91 Å². The molecule has 0 aliphatic rings. The second kappa shape index (κ2) is 3.98. The number of benzene rings is 1. The van der Waals surface area contributed by atoms with Crippen molar-refractivity contribution in [2.75, 3.05) is 6.26 Å². The summed E-state index contributed by atoms with van der Waals surface area (Å²) in [4.78, 5) is 11.4. The number of aryl methyl sites for hydroxylation is 1. The molecule has 0 fully saturated rings. The van der Waals surface area contributed by atoms with E-state index in [0.717, 1.165) is 12.3 Å².